The molecule has 0 aromatic carbocycles. The van der Waals surface area contributed by atoms with E-state index >= 15 is 0 Å². The van der Waals surface area contributed by atoms with Crippen molar-refractivity contribution in [3.05, 3.63) is 18.5 Å². The smallest absolute Gasteiger partial charge is 0.193 e. The van der Waals surface area contributed by atoms with E-state index in [0.717, 1.165) is 38.7 Å². The topological polar surface area (TPSA) is 45.5 Å². The Balaban J connectivity index is 0.00000200. The molecule has 6 heteroatoms. The number of rotatable bonds is 4. The highest BCUT2D eigenvalue weighted by Crippen LogP contribution is 2.28. The number of hydrogen-bond acceptors (Lipinski definition) is 2. The monoisotopic (exact) mass is 391 g/mol. The van der Waals surface area contributed by atoms with Gasteiger partial charge in [-0.05, 0) is 24.8 Å². The van der Waals surface area contributed by atoms with E-state index in [4.69, 9.17) is 4.99 Å². The Morgan fingerprint density at radius 3 is 2.80 bits per heavy atom. The van der Waals surface area contributed by atoms with Gasteiger partial charge < -0.3 is 10.2 Å². The largest absolute Gasteiger partial charge is 0.357 e. The molecule has 1 aliphatic rings. The first-order valence-electron chi connectivity index (χ1n) is 7.11. The van der Waals surface area contributed by atoms with Crippen molar-refractivity contribution in [2.45, 2.75) is 33.7 Å². The van der Waals surface area contributed by atoms with Gasteiger partial charge in [-0.3, -0.25) is 9.67 Å². The molecule has 0 aliphatic carbocycles. The molecule has 114 valence electrons. The molecule has 1 aromatic heterocycles. The predicted octanol–water partition coefficient (Wildman–Crippen LogP) is 2.20. The van der Waals surface area contributed by atoms with Crippen LogP contribution in [0.4, 0.5) is 0 Å². The second-order valence-corrected chi connectivity index (χ2v) is 5.84. The normalized spacial score (nSPS) is 17.9. The Morgan fingerprint density at radius 1 is 1.45 bits per heavy atom. The molecule has 1 aliphatic heterocycles. The molecule has 0 spiro atoms. The Hall–Kier alpha value is -0.790. The number of likely N-dealkylation sites (tertiary alicyclic amines) is 1. The number of aromatic nitrogens is 2. The van der Waals surface area contributed by atoms with Crippen molar-refractivity contribution >= 4 is 29.9 Å². The SMILES string of the molecule is CCNC(=NCCn1cccn1)N1CCC(C)(C)C1.I. The van der Waals surface area contributed by atoms with Crippen LogP contribution in [0.2, 0.25) is 0 Å². The first-order chi connectivity index (χ1) is 9.11. The van der Waals surface area contributed by atoms with E-state index in [1.807, 2.05) is 16.9 Å². The van der Waals surface area contributed by atoms with Gasteiger partial charge in [-0.1, -0.05) is 13.8 Å². The average Bonchev–Trinajstić information content (AvgIpc) is 2.97. The van der Waals surface area contributed by atoms with Gasteiger partial charge in [0.1, 0.15) is 0 Å². The van der Waals surface area contributed by atoms with E-state index in [1.165, 1.54) is 6.42 Å². The van der Waals surface area contributed by atoms with Gasteiger partial charge in [0.25, 0.3) is 0 Å². The van der Waals surface area contributed by atoms with Gasteiger partial charge in [0.15, 0.2) is 5.96 Å². The molecule has 1 N–H and O–H groups in total. The first-order valence-corrected chi connectivity index (χ1v) is 7.11. The van der Waals surface area contributed by atoms with Crippen LogP contribution in [0.5, 0.6) is 0 Å². The molecule has 0 atom stereocenters. The zero-order chi connectivity index (χ0) is 13.7. The van der Waals surface area contributed by atoms with E-state index in [1.54, 1.807) is 6.20 Å². The minimum absolute atomic E-state index is 0. The van der Waals surface area contributed by atoms with Crippen LogP contribution < -0.4 is 5.32 Å². The molecule has 2 rings (SSSR count). The van der Waals surface area contributed by atoms with Crippen LogP contribution in [0.25, 0.3) is 0 Å². The maximum absolute atomic E-state index is 4.71. The molecule has 20 heavy (non-hydrogen) atoms. The quantitative estimate of drug-likeness (QED) is 0.486. The fraction of sp³-hybridized carbons (Fsp3) is 0.714. The van der Waals surface area contributed by atoms with Gasteiger partial charge in [0.05, 0.1) is 13.1 Å². The van der Waals surface area contributed by atoms with Gasteiger partial charge in [0, 0.05) is 32.0 Å². The van der Waals surface area contributed by atoms with E-state index in [2.05, 4.69) is 36.1 Å². The zero-order valence-electron chi connectivity index (χ0n) is 12.7. The van der Waals surface area contributed by atoms with Crippen LogP contribution in [-0.4, -0.2) is 46.8 Å². The molecular weight excluding hydrogens is 365 g/mol. The van der Waals surface area contributed by atoms with Crippen molar-refractivity contribution in [2.24, 2.45) is 10.4 Å². The van der Waals surface area contributed by atoms with E-state index in [0.29, 0.717) is 5.41 Å². The third kappa shape index (κ3) is 4.96. The summed E-state index contributed by atoms with van der Waals surface area (Å²) in [7, 11) is 0. The third-order valence-electron chi connectivity index (χ3n) is 3.46. The summed E-state index contributed by atoms with van der Waals surface area (Å²) in [4.78, 5) is 7.07. The average molecular weight is 391 g/mol. The first kappa shape index (κ1) is 17.3. The molecule has 1 aromatic rings. The molecule has 5 nitrogen and oxygen atoms in total. The number of hydrogen-bond donors (Lipinski definition) is 1. The second-order valence-electron chi connectivity index (χ2n) is 5.84. The minimum atomic E-state index is 0. The lowest BCUT2D eigenvalue weighted by Crippen LogP contribution is -2.41. The number of guanidine groups is 1. The van der Waals surface area contributed by atoms with Crippen LogP contribution >= 0.6 is 24.0 Å². The molecule has 0 radical (unpaired) electrons. The molecule has 0 bridgehead atoms. The van der Waals surface area contributed by atoms with Crippen molar-refractivity contribution in [1.29, 1.82) is 0 Å². The van der Waals surface area contributed by atoms with Gasteiger partial charge in [-0.2, -0.15) is 5.10 Å². The van der Waals surface area contributed by atoms with Crippen molar-refractivity contribution in [3.8, 4) is 0 Å². The van der Waals surface area contributed by atoms with Crippen LogP contribution in [-0.2, 0) is 6.54 Å². The molecule has 0 amide bonds. The van der Waals surface area contributed by atoms with Gasteiger partial charge in [0.2, 0.25) is 0 Å². The molecular formula is C14H26IN5. The Bertz CT molecular complexity index is 413. The Kier molecular flexibility index (Phi) is 6.78. The number of aliphatic imine (C=N–C) groups is 1. The predicted molar refractivity (Wildman–Crippen MR) is 93.6 cm³/mol. The summed E-state index contributed by atoms with van der Waals surface area (Å²) in [6.45, 7) is 11.4. The van der Waals surface area contributed by atoms with Crippen LogP contribution in [0.3, 0.4) is 0 Å². The Labute approximate surface area is 138 Å². The van der Waals surface area contributed by atoms with E-state index < -0.39 is 0 Å². The summed E-state index contributed by atoms with van der Waals surface area (Å²) in [5, 5.41) is 7.58. The van der Waals surface area contributed by atoms with Crippen molar-refractivity contribution in [3.63, 3.8) is 0 Å². The molecule has 0 unspecified atom stereocenters. The van der Waals surface area contributed by atoms with Gasteiger partial charge >= 0.3 is 0 Å². The van der Waals surface area contributed by atoms with Crippen molar-refractivity contribution in [2.75, 3.05) is 26.2 Å². The lowest BCUT2D eigenvalue weighted by atomic mass is 9.93. The number of nitrogens with zero attached hydrogens (tertiary/aromatic N) is 4. The van der Waals surface area contributed by atoms with Gasteiger partial charge in [-0.25, -0.2) is 0 Å². The summed E-state index contributed by atoms with van der Waals surface area (Å²) in [5.41, 5.74) is 0.401. The van der Waals surface area contributed by atoms with Crippen molar-refractivity contribution in [1.82, 2.24) is 20.0 Å². The minimum Gasteiger partial charge on any atom is -0.357 e. The maximum atomic E-state index is 4.71. The maximum Gasteiger partial charge on any atom is 0.193 e. The number of halogens is 1. The van der Waals surface area contributed by atoms with Crippen LogP contribution in [0, 0.1) is 5.41 Å². The van der Waals surface area contributed by atoms with Gasteiger partial charge in [-0.15, -0.1) is 24.0 Å². The molecule has 2 heterocycles. The third-order valence-corrected chi connectivity index (χ3v) is 3.46. The van der Waals surface area contributed by atoms with E-state index in [-0.39, 0.29) is 24.0 Å². The standard InChI is InChI=1S/C14H25N5.HI/c1-4-15-13(18-10-6-14(2,3)12-18)16-8-11-19-9-5-7-17-19;/h5,7,9H,4,6,8,10-12H2,1-3H3,(H,15,16);1H. The summed E-state index contributed by atoms with van der Waals surface area (Å²) in [6, 6.07) is 1.94. The van der Waals surface area contributed by atoms with Crippen molar-refractivity contribution < 1.29 is 0 Å². The highest BCUT2D eigenvalue weighted by atomic mass is 127. The summed E-state index contributed by atoms with van der Waals surface area (Å²) in [5.74, 6) is 1.04. The summed E-state index contributed by atoms with van der Waals surface area (Å²) >= 11 is 0. The fourth-order valence-electron chi connectivity index (χ4n) is 2.41. The molecule has 1 fully saturated rings. The lowest BCUT2D eigenvalue weighted by Gasteiger charge is -2.23. The van der Waals surface area contributed by atoms with E-state index in [9.17, 15) is 0 Å². The van der Waals surface area contributed by atoms with Crippen LogP contribution in [0.1, 0.15) is 27.2 Å². The lowest BCUT2D eigenvalue weighted by molar-refractivity contribution is 0.370. The highest BCUT2D eigenvalue weighted by molar-refractivity contribution is 14.0. The second kappa shape index (κ2) is 7.85. The van der Waals surface area contributed by atoms with Crippen LogP contribution in [0.15, 0.2) is 23.5 Å². The summed E-state index contributed by atoms with van der Waals surface area (Å²) in [6.07, 6.45) is 5.01. The zero-order valence-corrected chi connectivity index (χ0v) is 15.0. The fourth-order valence-corrected chi connectivity index (χ4v) is 2.41. The highest BCUT2D eigenvalue weighted by Gasteiger charge is 2.30. The number of nitrogens with one attached hydrogen (secondary N) is 1. The summed E-state index contributed by atoms with van der Waals surface area (Å²) < 4.78 is 1.92. The molecule has 0 saturated carbocycles. The Morgan fingerprint density at radius 2 is 2.25 bits per heavy atom. The molecule has 1 saturated heterocycles.